The van der Waals surface area contributed by atoms with Gasteiger partial charge in [0.25, 0.3) is 0 Å². The van der Waals surface area contributed by atoms with Gasteiger partial charge in [0.05, 0.1) is 5.69 Å². The molecule has 0 spiro atoms. The molecule has 2 aromatic heterocycles. The van der Waals surface area contributed by atoms with Crippen molar-refractivity contribution >= 4 is 22.5 Å². The number of fused-ring (bicyclic) bond motifs is 1. The van der Waals surface area contributed by atoms with Crippen molar-refractivity contribution in [1.82, 2.24) is 25.2 Å². The predicted octanol–water partition coefficient (Wildman–Crippen LogP) is 2.58. The molecular formula is C18H16N6O. The Bertz CT molecular complexity index is 977. The fourth-order valence-electron chi connectivity index (χ4n) is 2.87. The third kappa shape index (κ3) is 3.12. The Labute approximate surface area is 143 Å². The van der Waals surface area contributed by atoms with Gasteiger partial charge in [-0.1, -0.05) is 36.4 Å². The van der Waals surface area contributed by atoms with Crippen molar-refractivity contribution in [1.29, 1.82) is 0 Å². The molecule has 0 aliphatic carbocycles. The van der Waals surface area contributed by atoms with E-state index < -0.39 is 6.04 Å². The molecule has 0 fully saturated rings. The van der Waals surface area contributed by atoms with Crippen LogP contribution in [0.5, 0.6) is 0 Å². The zero-order valence-electron chi connectivity index (χ0n) is 13.3. The van der Waals surface area contributed by atoms with E-state index in [1.807, 2.05) is 60.8 Å². The molecule has 2 heterocycles. The summed E-state index contributed by atoms with van der Waals surface area (Å²) in [5.74, 6) is -0.162. The lowest BCUT2D eigenvalue weighted by molar-refractivity contribution is -0.119. The Kier molecular flexibility index (Phi) is 3.96. The minimum Gasteiger partial charge on any atom is -0.361 e. The summed E-state index contributed by atoms with van der Waals surface area (Å²) in [5, 5.41) is 15.2. The average molecular weight is 332 g/mol. The highest BCUT2D eigenvalue weighted by Gasteiger charge is 2.23. The monoisotopic (exact) mass is 332 g/mol. The van der Waals surface area contributed by atoms with Crippen molar-refractivity contribution in [3.63, 3.8) is 0 Å². The maximum absolute atomic E-state index is 12.9. The summed E-state index contributed by atoms with van der Waals surface area (Å²) in [6, 6.07) is 17.0. The molecule has 0 aliphatic heterocycles. The van der Waals surface area contributed by atoms with Crippen LogP contribution in [0.4, 0.5) is 5.69 Å². The van der Waals surface area contributed by atoms with Crippen LogP contribution in [0.3, 0.4) is 0 Å². The van der Waals surface area contributed by atoms with Crippen molar-refractivity contribution in [3.05, 3.63) is 72.7 Å². The first-order valence-corrected chi connectivity index (χ1v) is 7.94. The summed E-state index contributed by atoms with van der Waals surface area (Å²) in [5.41, 5.74) is 2.77. The number of H-pyrrole nitrogens is 1. The molecule has 0 aliphatic rings. The van der Waals surface area contributed by atoms with Gasteiger partial charge < -0.3 is 10.3 Å². The molecule has 124 valence electrons. The summed E-state index contributed by atoms with van der Waals surface area (Å²) in [6.07, 6.45) is 3.81. The largest absolute Gasteiger partial charge is 0.361 e. The molecule has 2 N–H and O–H groups in total. The Hall–Kier alpha value is -3.48. The quantitative estimate of drug-likeness (QED) is 0.588. The highest BCUT2D eigenvalue weighted by atomic mass is 16.2. The molecule has 0 radical (unpaired) electrons. The van der Waals surface area contributed by atoms with E-state index in [2.05, 4.69) is 25.8 Å². The fraction of sp³-hybridized carbons (Fsp3) is 0.111. The van der Waals surface area contributed by atoms with Crippen molar-refractivity contribution < 1.29 is 4.79 Å². The molecule has 4 rings (SSSR count). The first-order chi connectivity index (χ1) is 12.3. The lowest BCUT2D eigenvalue weighted by atomic mass is 10.1. The second-order valence-electron chi connectivity index (χ2n) is 5.73. The Morgan fingerprint density at radius 2 is 2.00 bits per heavy atom. The van der Waals surface area contributed by atoms with Crippen molar-refractivity contribution in [2.75, 3.05) is 5.32 Å². The van der Waals surface area contributed by atoms with Crippen LogP contribution < -0.4 is 5.32 Å². The van der Waals surface area contributed by atoms with E-state index in [1.54, 1.807) is 0 Å². The van der Waals surface area contributed by atoms with Crippen LogP contribution in [0.25, 0.3) is 10.9 Å². The number of aromatic nitrogens is 5. The number of tetrazole rings is 1. The molecule has 25 heavy (non-hydrogen) atoms. The number of nitrogens with one attached hydrogen (secondary N) is 2. The molecular weight excluding hydrogens is 316 g/mol. The third-order valence-corrected chi connectivity index (χ3v) is 4.11. The van der Waals surface area contributed by atoms with E-state index in [0.29, 0.717) is 6.42 Å². The number of benzene rings is 2. The number of carbonyl (C=O) groups excluding carboxylic acids is 1. The number of hydrogen-bond donors (Lipinski definition) is 2. The van der Waals surface area contributed by atoms with Crippen LogP contribution in [-0.2, 0) is 11.2 Å². The van der Waals surface area contributed by atoms with Gasteiger partial charge in [-0.05, 0) is 34.2 Å². The molecule has 1 amide bonds. The third-order valence-electron chi connectivity index (χ3n) is 4.11. The lowest BCUT2D eigenvalue weighted by Gasteiger charge is -2.17. The van der Waals surface area contributed by atoms with Gasteiger partial charge >= 0.3 is 0 Å². The van der Waals surface area contributed by atoms with Gasteiger partial charge in [-0.15, -0.1) is 5.10 Å². The van der Waals surface area contributed by atoms with E-state index in [9.17, 15) is 4.79 Å². The predicted molar refractivity (Wildman–Crippen MR) is 93.9 cm³/mol. The smallest absolute Gasteiger partial charge is 0.249 e. The van der Waals surface area contributed by atoms with E-state index in [-0.39, 0.29) is 5.91 Å². The molecule has 2 aromatic carbocycles. The maximum Gasteiger partial charge on any atom is 0.249 e. The van der Waals surface area contributed by atoms with Crippen LogP contribution in [0, 0.1) is 0 Å². The molecule has 7 nitrogen and oxygen atoms in total. The number of hydrogen-bond acceptors (Lipinski definition) is 4. The zero-order valence-corrected chi connectivity index (χ0v) is 13.3. The maximum atomic E-state index is 12.9. The molecule has 4 aromatic rings. The van der Waals surface area contributed by atoms with Gasteiger partial charge in [0.2, 0.25) is 5.91 Å². The Morgan fingerprint density at radius 3 is 2.80 bits per heavy atom. The number of nitrogens with zero attached hydrogens (tertiary/aromatic N) is 4. The van der Waals surface area contributed by atoms with Gasteiger partial charge in [-0.3, -0.25) is 4.79 Å². The highest BCUT2D eigenvalue weighted by Crippen LogP contribution is 2.24. The number of anilines is 1. The number of carbonyl (C=O) groups is 1. The van der Waals surface area contributed by atoms with E-state index >= 15 is 0 Å². The van der Waals surface area contributed by atoms with Crippen LogP contribution in [0.15, 0.2) is 67.1 Å². The van der Waals surface area contributed by atoms with Crippen molar-refractivity contribution in [2.45, 2.75) is 12.5 Å². The summed E-state index contributed by atoms with van der Waals surface area (Å²) in [6.45, 7) is 0. The lowest BCUT2D eigenvalue weighted by Crippen LogP contribution is -2.28. The molecule has 0 saturated heterocycles. The van der Waals surface area contributed by atoms with Crippen LogP contribution >= 0.6 is 0 Å². The fourth-order valence-corrected chi connectivity index (χ4v) is 2.87. The van der Waals surface area contributed by atoms with E-state index in [4.69, 9.17) is 0 Å². The highest BCUT2D eigenvalue weighted by molar-refractivity contribution is 6.02. The first-order valence-electron chi connectivity index (χ1n) is 7.94. The normalized spacial score (nSPS) is 12.2. The van der Waals surface area contributed by atoms with E-state index in [0.717, 1.165) is 22.2 Å². The minimum atomic E-state index is -0.536. The summed E-state index contributed by atoms with van der Waals surface area (Å²) >= 11 is 0. The van der Waals surface area contributed by atoms with Crippen molar-refractivity contribution in [2.24, 2.45) is 0 Å². The molecule has 0 unspecified atom stereocenters. The second kappa shape index (κ2) is 6.56. The van der Waals surface area contributed by atoms with Crippen molar-refractivity contribution in [3.8, 4) is 0 Å². The van der Waals surface area contributed by atoms with Gasteiger partial charge in [0, 0.05) is 23.5 Å². The number of rotatable bonds is 5. The molecule has 0 bridgehead atoms. The number of aromatic amines is 1. The van der Waals surface area contributed by atoms with Gasteiger partial charge in [0.15, 0.2) is 0 Å². The second-order valence-corrected chi connectivity index (χ2v) is 5.73. The first kappa shape index (κ1) is 15.1. The molecule has 7 heteroatoms. The zero-order chi connectivity index (χ0) is 17.1. The molecule has 1 atom stereocenters. The summed E-state index contributed by atoms with van der Waals surface area (Å²) < 4.78 is 1.49. The Balaban J connectivity index is 1.63. The Morgan fingerprint density at radius 1 is 1.12 bits per heavy atom. The van der Waals surface area contributed by atoms with Gasteiger partial charge in [0.1, 0.15) is 12.4 Å². The van der Waals surface area contributed by atoms with Gasteiger partial charge in [-0.2, -0.15) is 0 Å². The van der Waals surface area contributed by atoms with E-state index in [1.165, 1.54) is 11.0 Å². The van der Waals surface area contributed by atoms with Crippen LogP contribution in [0.1, 0.15) is 11.6 Å². The SMILES string of the molecule is O=C(Nc1cccc2[nH]ccc12)[C@H](Cc1ccccc1)n1cnnn1. The van der Waals surface area contributed by atoms with Crippen LogP contribution in [-0.4, -0.2) is 31.1 Å². The summed E-state index contributed by atoms with van der Waals surface area (Å²) in [7, 11) is 0. The topological polar surface area (TPSA) is 88.5 Å². The van der Waals surface area contributed by atoms with Gasteiger partial charge in [-0.25, -0.2) is 4.68 Å². The standard InChI is InChI=1S/C18H16N6O/c25-18(21-16-8-4-7-15-14(16)9-10-19-15)17(24-12-20-22-23-24)11-13-5-2-1-3-6-13/h1-10,12,17,19H,11H2,(H,21,25)/t17-/m0/s1. The summed E-state index contributed by atoms with van der Waals surface area (Å²) in [4.78, 5) is 16.1. The minimum absolute atomic E-state index is 0.162. The molecule has 0 saturated carbocycles. The average Bonchev–Trinajstić information content (AvgIpc) is 3.32. The van der Waals surface area contributed by atoms with Crippen LogP contribution in [0.2, 0.25) is 0 Å². The number of amides is 1.